The summed E-state index contributed by atoms with van der Waals surface area (Å²) in [5, 5.41) is 12.3. The normalized spacial score (nSPS) is 22.8. The van der Waals surface area contributed by atoms with Crippen molar-refractivity contribution in [2.45, 2.75) is 60.2 Å². The molecule has 11 nitrogen and oxygen atoms in total. The molecule has 1 amide bonds. The number of carbonyl (C=O) groups excluding carboxylic acids is 1. The number of aliphatic hydroxyl groups excluding tert-OH is 1. The molecular weight excluding hydrogens is 824 g/mol. The Morgan fingerprint density at radius 1 is 0.726 bits per heavy atom. The number of H-pyrrole nitrogens is 2. The fraction of sp³-hybridized carbons (Fsp3) is 0.354. The van der Waals surface area contributed by atoms with Crippen LogP contribution in [0.3, 0.4) is 0 Å². The number of fused-ring (bicyclic) bond motifs is 2. The van der Waals surface area contributed by atoms with Crippen molar-refractivity contribution in [3.05, 3.63) is 109 Å². The number of carbonyl (C=O) groups is 1. The number of aromatic nitrogens is 2. The molecule has 11 rings (SSSR count). The number of hydrogen-bond donors (Lipinski definition) is 3. The zero-order chi connectivity index (χ0) is 42.3. The van der Waals surface area contributed by atoms with Crippen LogP contribution in [0.25, 0.3) is 49.9 Å². The van der Waals surface area contributed by atoms with Gasteiger partial charge in [0.25, 0.3) is 0 Å². The van der Waals surface area contributed by atoms with Gasteiger partial charge < -0.3 is 29.6 Å². The number of hydrogen-bond acceptors (Lipinski definition) is 6. The number of halogens is 1. The molecule has 62 heavy (non-hydrogen) atoms. The average molecular weight is 875 g/mol. The Morgan fingerprint density at radius 2 is 1.39 bits per heavy atom. The van der Waals surface area contributed by atoms with E-state index in [0.29, 0.717) is 44.2 Å². The first-order valence-corrected chi connectivity index (χ1v) is 23.9. The molecule has 6 heterocycles. The third kappa shape index (κ3) is 8.08. The number of rotatable bonds is 9. The van der Waals surface area contributed by atoms with Gasteiger partial charge in [-0.1, -0.05) is 48.5 Å². The van der Waals surface area contributed by atoms with E-state index in [0.717, 1.165) is 76.3 Å². The Kier molecular flexibility index (Phi) is 11.7. The molecule has 0 bridgehead atoms. The van der Waals surface area contributed by atoms with Crippen molar-refractivity contribution >= 4 is 60.9 Å². The standard InChI is InChI=1S/C26H29FN4O4S.C22H22N2OS/c27-20-15-30(16-25(20)32)23-6-5-18(14-19(23)22-13-17-3-1-2-4-21(17)28-22)36(34)31-8-7-24(31)26(33)29-9-11-35-12-10-29;25-26(24-12-5-13-24)18-10-11-19(16-6-1-2-7-16)20(15-18)22-14-17-8-3-4-9-21(17)23-22/h1-6,13-14,20,24-25,28,32H,7-12,15-16H2;3-4,6,8-11,14-15,23H,1-2,5,7,12-13H2. The van der Waals surface area contributed by atoms with Crippen LogP contribution in [-0.2, 0) is 31.5 Å². The topological polar surface area (TPSA) is 125 Å². The lowest BCUT2D eigenvalue weighted by Gasteiger charge is -2.41. The minimum Gasteiger partial charge on any atom is -0.388 e. The molecule has 4 aliphatic heterocycles. The molecule has 4 aromatic carbocycles. The molecule has 0 spiro atoms. The van der Waals surface area contributed by atoms with E-state index in [1.807, 2.05) is 51.7 Å². The monoisotopic (exact) mass is 874 g/mol. The molecule has 2 aromatic heterocycles. The summed E-state index contributed by atoms with van der Waals surface area (Å²) in [6.45, 7) is 4.92. The van der Waals surface area contributed by atoms with Crippen LogP contribution in [0, 0.1) is 0 Å². The van der Waals surface area contributed by atoms with E-state index >= 15 is 0 Å². The zero-order valence-electron chi connectivity index (χ0n) is 34.5. The zero-order valence-corrected chi connectivity index (χ0v) is 36.1. The van der Waals surface area contributed by atoms with Gasteiger partial charge in [0.15, 0.2) is 0 Å². The van der Waals surface area contributed by atoms with Crippen molar-refractivity contribution in [3.63, 3.8) is 0 Å². The minimum atomic E-state index is -1.52. The van der Waals surface area contributed by atoms with Gasteiger partial charge in [-0.05, 0) is 97.8 Å². The summed E-state index contributed by atoms with van der Waals surface area (Å²) in [4.78, 5) is 25.1. The van der Waals surface area contributed by atoms with Crippen LogP contribution in [0.5, 0.6) is 0 Å². The van der Waals surface area contributed by atoms with Gasteiger partial charge in [0.2, 0.25) is 5.91 Å². The lowest BCUT2D eigenvalue weighted by atomic mass is 9.97. The maximum Gasteiger partial charge on any atom is 0.241 e. The number of β-amino-alcohol motifs (C(OH)–C–C–N with tert-alkyl or cyclic N) is 1. The van der Waals surface area contributed by atoms with E-state index in [-0.39, 0.29) is 19.0 Å². The van der Waals surface area contributed by atoms with Crippen LogP contribution >= 0.6 is 0 Å². The Labute approximate surface area is 365 Å². The van der Waals surface area contributed by atoms with E-state index < -0.39 is 40.3 Å². The third-order valence-corrected chi connectivity index (χ3v) is 15.8. The highest BCUT2D eigenvalue weighted by Gasteiger charge is 2.41. The summed E-state index contributed by atoms with van der Waals surface area (Å²) in [7, 11) is -2.58. The summed E-state index contributed by atoms with van der Waals surface area (Å²) in [6, 6.07) is 31.9. The second-order valence-electron chi connectivity index (χ2n) is 16.7. The number of amides is 1. The number of nitrogens with one attached hydrogen (secondary N) is 2. The van der Waals surface area contributed by atoms with Crippen molar-refractivity contribution < 1.29 is 27.4 Å². The lowest BCUT2D eigenvalue weighted by molar-refractivity contribution is -0.142. The quantitative estimate of drug-likeness (QED) is 0.139. The van der Waals surface area contributed by atoms with Crippen molar-refractivity contribution in [3.8, 4) is 22.5 Å². The highest BCUT2D eigenvalue weighted by Crippen LogP contribution is 2.39. The number of para-hydroxylation sites is 2. The molecule has 14 heteroatoms. The van der Waals surface area contributed by atoms with Crippen molar-refractivity contribution in [1.82, 2.24) is 23.5 Å². The van der Waals surface area contributed by atoms with Crippen LogP contribution in [-0.4, -0.2) is 120 Å². The van der Waals surface area contributed by atoms with Gasteiger partial charge in [0.05, 0.1) is 29.5 Å². The predicted molar refractivity (Wildman–Crippen MR) is 244 cm³/mol. The average Bonchev–Trinajstić information content (AvgIpc) is 4.10. The molecule has 0 radical (unpaired) electrons. The lowest BCUT2D eigenvalue weighted by Crippen LogP contribution is -2.58. The van der Waals surface area contributed by atoms with Gasteiger partial charge in [-0.15, -0.1) is 0 Å². The van der Waals surface area contributed by atoms with Crippen LogP contribution in [0.1, 0.15) is 37.7 Å². The summed E-state index contributed by atoms with van der Waals surface area (Å²) in [6.07, 6.45) is 5.33. The van der Waals surface area contributed by atoms with Crippen LogP contribution in [0.4, 0.5) is 10.1 Å². The number of ether oxygens (including phenoxy) is 1. The summed E-state index contributed by atoms with van der Waals surface area (Å²) in [5.74, 6) is 0.00500. The SMILES string of the molecule is O=C(C1CCN1S(=O)c1ccc(N2CC(O)C(F)C2)c(-c2cc3ccccc3[nH]2)c1)N1CCOCC1.O=S(c1ccc(C2=CCCC2)c(-c2cc3ccccc3[nH]2)c1)N1CCC1. The molecule has 6 aromatic rings. The fourth-order valence-corrected chi connectivity index (χ4v) is 11.7. The maximum atomic E-state index is 14.2. The number of morpholine rings is 1. The van der Waals surface area contributed by atoms with Gasteiger partial charge >= 0.3 is 0 Å². The molecule has 4 fully saturated rings. The van der Waals surface area contributed by atoms with Gasteiger partial charge in [0.1, 0.15) is 40.3 Å². The van der Waals surface area contributed by atoms with Crippen molar-refractivity contribution in [2.75, 3.05) is 63.9 Å². The first-order chi connectivity index (χ1) is 30.3. The van der Waals surface area contributed by atoms with Gasteiger partial charge in [-0.25, -0.2) is 21.4 Å². The molecule has 5 aliphatic rings. The number of aromatic amines is 2. The van der Waals surface area contributed by atoms with Crippen LogP contribution in [0.2, 0.25) is 0 Å². The minimum absolute atomic E-state index is 0.00500. The third-order valence-electron chi connectivity index (χ3n) is 12.8. The van der Waals surface area contributed by atoms with E-state index in [1.165, 1.54) is 28.5 Å². The number of benzene rings is 4. The van der Waals surface area contributed by atoms with Gasteiger partial charge in [-0.2, -0.15) is 0 Å². The Balaban J connectivity index is 0.000000156. The summed E-state index contributed by atoms with van der Waals surface area (Å²) >= 11 is 0. The van der Waals surface area contributed by atoms with E-state index in [4.69, 9.17) is 4.74 Å². The maximum absolute atomic E-state index is 14.2. The summed E-state index contributed by atoms with van der Waals surface area (Å²) < 4.78 is 49.8. The van der Waals surface area contributed by atoms with E-state index in [2.05, 4.69) is 64.6 Å². The largest absolute Gasteiger partial charge is 0.388 e. The molecule has 4 saturated heterocycles. The molecule has 5 atom stereocenters. The van der Waals surface area contributed by atoms with Crippen molar-refractivity contribution in [2.24, 2.45) is 0 Å². The number of aliphatic hydroxyl groups is 1. The molecule has 0 saturated carbocycles. The highest BCUT2D eigenvalue weighted by atomic mass is 32.2. The Morgan fingerprint density at radius 3 is 1.98 bits per heavy atom. The van der Waals surface area contributed by atoms with Gasteiger partial charge in [-0.3, -0.25) is 4.79 Å². The number of nitrogens with zero attached hydrogens (tertiary/aromatic N) is 4. The number of anilines is 1. The van der Waals surface area contributed by atoms with Crippen LogP contribution < -0.4 is 4.90 Å². The van der Waals surface area contributed by atoms with Gasteiger partial charge in [0, 0.05) is 89.3 Å². The molecule has 322 valence electrons. The Bertz CT molecular complexity index is 2630. The van der Waals surface area contributed by atoms with Crippen molar-refractivity contribution in [1.29, 1.82) is 0 Å². The molecule has 1 aliphatic carbocycles. The molecular formula is C48H51FN6O5S2. The smallest absolute Gasteiger partial charge is 0.241 e. The number of allylic oxidation sites excluding steroid dienone is 2. The first-order valence-electron chi connectivity index (χ1n) is 21.7. The second kappa shape index (κ2) is 17.7. The van der Waals surface area contributed by atoms with E-state index in [9.17, 15) is 22.7 Å². The fourth-order valence-electron chi connectivity index (χ4n) is 9.09. The summed E-state index contributed by atoms with van der Waals surface area (Å²) in [5.41, 5.74) is 9.46. The number of alkyl halides is 1. The molecule has 5 unspecified atom stereocenters. The van der Waals surface area contributed by atoms with Crippen LogP contribution in [0.15, 0.2) is 113 Å². The Hall–Kier alpha value is -4.96. The molecule has 3 N–H and O–H groups in total. The first kappa shape index (κ1) is 41.1. The highest BCUT2D eigenvalue weighted by molar-refractivity contribution is 7.83. The van der Waals surface area contributed by atoms with E-state index in [1.54, 1.807) is 15.3 Å². The second-order valence-corrected chi connectivity index (χ2v) is 19.6. The predicted octanol–water partition coefficient (Wildman–Crippen LogP) is 7.44.